The quantitative estimate of drug-likeness (QED) is 0.110. The molecule has 2 aromatic carbocycles. The van der Waals surface area contributed by atoms with Crippen molar-refractivity contribution in [2.24, 2.45) is 5.73 Å². The van der Waals surface area contributed by atoms with Gasteiger partial charge in [-0.1, -0.05) is 30.3 Å². The molecule has 1 saturated heterocycles. The molecular formula is C26H33N2O11P. The lowest BCUT2D eigenvalue weighted by atomic mass is 9.99. The van der Waals surface area contributed by atoms with E-state index < -0.39 is 57.1 Å². The number of para-hydroxylation sites is 1. The minimum absolute atomic E-state index is 0.0646. The van der Waals surface area contributed by atoms with E-state index in [4.69, 9.17) is 34.9 Å². The number of hydrogen-bond donors (Lipinski definition) is 5. The minimum atomic E-state index is -5.24. The van der Waals surface area contributed by atoms with Crippen molar-refractivity contribution in [1.82, 2.24) is 0 Å². The first kappa shape index (κ1) is 31.2. The van der Waals surface area contributed by atoms with Gasteiger partial charge in [0.1, 0.15) is 30.7 Å². The van der Waals surface area contributed by atoms with Gasteiger partial charge in [-0.15, -0.1) is 0 Å². The summed E-state index contributed by atoms with van der Waals surface area (Å²) in [6, 6.07) is 12.8. The molecule has 0 bridgehead atoms. The number of aliphatic hydroxyl groups is 1. The van der Waals surface area contributed by atoms with E-state index in [0.717, 1.165) is 5.56 Å². The first-order valence-corrected chi connectivity index (χ1v) is 13.8. The smallest absolute Gasteiger partial charge is 0.461 e. The molecule has 3 rings (SSSR count). The first-order valence-electron chi connectivity index (χ1n) is 12.3. The highest BCUT2D eigenvalue weighted by atomic mass is 31.2. The third-order valence-corrected chi connectivity index (χ3v) is 6.56. The van der Waals surface area contributed by atoms with Gasteiger partial charge in [-0.25, -0.2) is 14.2 Å². The molecule has 7 N–H and O–H groups in total. The Bertz CT molecular complexity index is 1250. The van der Waals surface area contributed by atoms with Crippen LogP contribution in [0.1, 0.15) is 29.8 Å². The number of nitrogens with two attached hydrogens (primary N) is 2. The number of allylic oxidation sites excluding steroid dienone is 1. The second-order valence-electron chi connectivity index (χ2n) is 8.92. The van der Waals surface area contributed by atoms with E-state index in [-0.39, 0.29) is 22.6 Å². The van der Waals surface area contributed by atoms with Crippen LogP contribution in [0.3, 0.4) is 0 Å². The Balaban J connectivity index is 1.92. The average molecular weight is 581 g/mol. The molecule has 0 unspecified atom stereocenters. The second kappa shape index (κ2) is 13.9. The van der Waals surface area contributed by atoms with Crippen molar-refractivity contribution in [2.45, 2.75) is 51.0 Å². The van der Waals surface area contributed by atoms with Gasteiger partial charge in [0.05, 0.1) is 5.56 Å². The van der Waals surface area contributed by atoms with Crippen molar-refractivity contribution < 1.29 is 52.5 Å². The highest BCUT2D eigenvalue weighted by Gasteiger charge is 2.52. The number of carbonyl (C=O) groups is 2. The largest absolute Gasteiger partial charge is 0.470 e. The molecule has 218 valence electrons. The molecule has 5 atom stereocenters. The van der Waals surface area contributed by atoms with Crippen LogP contribution in [0.15, 0.2) is 60.2 Å². The van der Waals surface area contributed by atoms with Crippen LogP contribution in [0.2, 0.25) is 0 Å². The Kier molecular flexibility index (Phi) is 10.8. The van der Waals surface area contributed by atoms with Gasteiger partial charge in [0.15, 0.2) is 6.10 Å². The summed E-state index contributed by atoms with van der Waals surface area (Å²) < 4.78 is 39.2. The Hall–Kier alpha value is -3.29. The molecule has 14 heteroatoms. The van der Waals surface area contributed by atoms with Crippen LogP contribution in [-0.4, -0.2) is 70.7 Å². The maximum Gasteiger partial charge on any atom is 0.470 e. The van der Waals surface area contributed by atoms with E-state index in [2.05, 4.69) is 0 Å². The lowest BCUT2D eigenvalue weighted by molar-refractivity contribution is -0.278. The van der Waals surface area contributed by atoms with Crippen molar-refractivity contribution in [3.8, 4) is 5.75 Å². The number of phosphoric ester groups is 1. The van der Waals surface area contributed by atoms with Gasteiger partial charge in [-0.3, -0.25) is 4.52 Å². The molecule has 0 amide bonds. The normalized spacial score (nSPS) is 23.4. The zero-order valence-corrected chi connectivity index (χ0v) is 22.8. The fourth-order valence-corrected chi connectivity index (χ4v) is 4.38. The summed E-state index contributed by atoms with van der Waals surface area (Å²) in [5, 5.41) is 11.0. The van der Waals surface area contributed by atoms with Crippen LogP contribution in [0, 0.1) is 0 Å². The van der Waals surface area contributed by atoms with Crippen molar-refractivity contribution in [2.75, 3.05) is 18.9 Å². The molecule has 40 heavy (non-hydrogen) atoms. The van der Waals surface area contributed by atoms with E-state index in [0.29, 0.717) is 13.0 Å². The molecule has 0 saturated carbocycles. The van der Waals surface area contributed by atoms with E-state index in [1.807, 2.05) is 0 Å². The summed E-state index contributed by atoms with van der Waals surface area (Å²) in [6.45, 7) is 2.90. The van der Waals surface area contributed by atoms with Crippen molar-refractivity contribution in [1.29, 1.82) is 0 Å². The summed E-state index contributed by atoms with van der Waals surface area (Å²) in [5.41, 5.74) is 12.7. The molecule has 0 aliphatic carbocycles. The summed E-state index contributed by atoms with van der Waals surface area (Å²) in [4.78, 5) is 44.4. The molecule has 1 fully saturated rings. The van der Waals surface area contributed by atoms with Gasteiger partial charge in [0.2, 0.25) is 6.29 Å². The van der Waals surface area contributed by atoms with Gasteiger partial charge >= 0.3 is 19.8 Å². The number of anilines is 1. The molecule has 1 aliphatic rings. The number of ether oxygens (including phenoxy) is 4. The molecule has 13 nitrogen and oxygen atoms in total. The van der Waals surface area contributed by atoms with E-state index >= 15 is 0 Å². The maximum absolute atomic E-state index is 12.6. The summed E-state index contributed by atoms with van der Waals surface area (Å²) in [6.07, 6.45) is -6.19. The van der Waals surface area contributed by atoms with E-state index in [9.17, 15) is 29.0 Å². The predicted octanol–water partition coefficient (Wildman–Crippen LogP) is 1.45. The Morgan fingerprint density at radius 3 is 2.38 bits per heavy atom. The number of hydrogen-bond acceptors (Lipinski definition) is 11. The first-order chi connectivity index (χ1) is 18.9. The number of rotatable bonds is 11. The molecule has 1 aliphatic heterocycles. The van der Waals surface area contributed by atoms with Gasteiger partial charge in [-0.2, -0.15) is 0 Å². The second-order valence-corrected chi connectivity index (χ2v) is 10.1. The molecular weight excluding hydrogens is 547 g/mol. The van der Waals surface area contributed by atoms with Crippen LogP contribution in [0.25, 0.3) is 0 Å². The Labute approximate surface area is 230 Å². The fourth-order valence-electron chi connectivity index (χ4n) is 3.82. The van der Waals surface area contributed by atoms with Crippen LogP contribution >= 0.6 is 7.82 Å². The van der Waals surface area contributed by atoms with Gasteiger partial charge in [-0.05, 0) is 56.6 Å². The Morgan fingerprint density at radius 1 is 1.10 bits per heavy atom. The highest BCUT2D eigenvalue weighted by Crippen LogP contribution is 2.42. The summed E-state index contributed by atoms with van der Waals surface area (Å²) in [7, 11) is -5.24. The molecule has 2 aromatic rings. The average Bonchev–Trinajstić information content (AvgIpc) is 2.91. The van der Waals surface area contributed by atoms with E-state index in [1.165, 1.54) is 25.1 Å². The van der Waals surface area contributed by atoms with Crippen LogP contribution < -0.4 is 16.2 Å². The number of benzene rings is 2. The SMILES string of the molecule is C/C=C(\C)C(=O)O[C@H]1[C@H](Oc2ccc(CCN)cc2)O[C@H](COC(=O)c2ccccc2N)[C@@H](O)[C@@H]1OP(=O)(O)O. The van der Waals surface area contributed by atoms with Crippen LogP contribution in [-0.2, 0) is 34.5 Å². The fraction of sp³-hybridized carbons (Fsp3) is 0.385. The lowest BCUT2D eigenvalue weighted by Gasteiger charge is -2.43. The van der Waals surface area contributed by atoms with Crippen molar-refractivity contribution in [3.05, 3.63) is 71.3 Å². The Morgan fingerprint density at radius 2 is 1.77 bits per heavy atom. The summed E-state index contributed by atoms with van der Waals surface area (Å²) >= 11 is 0. The summed E-state index contributed by atoms with van der Waals surface area (Å²) in [5.74, 6) is -1.45. The minimum Gasteiger partial charge on any atom is -0.461 e. The van der Waals surface area contributed by atoms with Crippen LogP contribution in [0.4, 0.5) is 5.69 Å². The maximum atomic E-state index is 12.6. The number of phosphoric acid groups is 1. The van der Waals surface area contributed by atoms with Gasteiger partial charge in [0, 0.05) is 11.3 Å². The topological polar surface area (TPSA) is 210 Å². The zero-order chi connectivity index (χ0) is 29.4. The van der Waals surface area contributed by atoms with Gasteiger partial charge < -0.3 is 45.3 Å². The number of aliphatic hydroxyl groups excluding tert-OH is 1. The predicted molar refractivity (Wildman–Crippen MR) is 142 cm³/mol. The third kappa shape index (κ3) is 8.35. The van der Waals surface area contributed by atoms with Crippen LogP contribution in [0.5, 0.6) is 5.75 Å². The van der Waals surface area contributed by atoms with Crippen molar-refractivity contribution >= 4 is 25.4 Å². The third-order valence-electron chi connectivity index (χ3n) is 6.04. The zero-order valence-electron chi connectivity index (χ0n) is 21.9. The molecule has 0 spiro atoms. The van der Waals surface area contributed by atoms with Gasteiger partial charge in [0.25, 0.3) is 0 Å². The van der Waals surface area contributed by atoms with E-state index in [1.54, 1.807) is 43.3 Å². The molecule has 0 radical (unpaired) electrons. The monoisotopic (exact) mass is 580 g/mol. The molecule has 1 heterocycles. The number of esters is 2. The highest BCUT2D eigenvalue weighted by molar-refractivity contribution is 7.46. The lowest BCUT2D eigenvalue weighted by Crippen LogP contribution is -2.62. The molecule has 0 aromatic heterocycles. The number of nitrogen functional groups attached to an aromatic ring is 1. The number of carbonyl (C=O) groups excluding carboxylic acids is 2. The van der Waals surface area contributed by atoms with Crippen molar-refractivity contribution in [3.63, 3.8) is 0 Å². The standard InChI is InChI=1S/C26H33N2O11P/c1-3-15(2)24(30)38-23-22(39-40(32,33)34)21(29)20(14-35-25(31)18-6-4-5-7-19(18)28)37-26(23)36-17-10-8-16(9-11-17)12-13-27/h3-11,20-23,26,29H,12-14,27-28H2,1-2H3,(H2,32,33,34)/b15-3+/t20-,21-,22+,23-,26-/m1/s1.